The first-order chi connectivity index (χ1) is 13.0. The maximum Gasteiger partial charge on any atom is 0.227 e. The van der Waals surface area contributed by atoms with Gasteiger partial charge in [-0.05, 0) is 48.7 Å². The molecule has 0 saturated carbocycles. The van der Waals surface area contributed by atoms with Gasteiger partial charge in [0.15, 0.2) is 0 Å². The van der Waals surface area contributed by atoms with Crippen LogP contribution in [-0.2, 0) is 16.0 Å². The van der Waals surface area contributed by atoms with Crippen LogP contribution < -0.4 is 10.1 Å². The lowest BCUT2D eigenvalue weighted by Crippen LogP contribution is -2.42. The van der Waals surface area contributed by atoms with E-state index in [9.17, 15) is 9.59 Å². The summed E-state index contributed by atoms with van der Waals surface area (Å²) >= 11 is 5.95. The molecular formula is C21H23ClN2O3. The van der Waals surface area contributed by atoms with E-state index in [0.29, 0.717) is 43.1 Å². The van der Waals surface area contributed by atoms with Crippen molar-refractivity contribution in [3.63, 3.8) is 0 Å². The fourth-order valence-corrected chi connectivity index (χ4v) is 3.42. The second-order valence-corrected chi connectivity index (χ2v) is 7.12. The van der Waals surface area contributed by atoms with E-state index in [0.717, 1.165) is 11.3 Å². The van der Waals surface area contributed by atoms with E-state index in [1.54, 1.807) is 25.3 Å². The van der Waals surface area contributed by atoms with Crippen LogP contribution in [0.15, 0.2) is 48.5 Å². The van der Waals surface area contributed by atoms with Crippen molar-refractivity contribution in [1.29, 1.82) is 0 Å². The molecule has 0 unspecified atom stereocenters. The van der Waals surface area contributed by atoms with Gasteiger partial charge in [0.05, 0.1) is 13.5 Å². The molecule has 1 N–H and O–H groups in total. The molecule has 5 nitrogen and oxygen atoms in total. The predicted octanol–water partition coefficient (Wildman–Crippen LogP) is 3.77. The van der Waals surface area contributed by atoms with Crippen molar-refractivity contribution in [2.75, 3.05) is 25.5 Å². The number of piperidine rings is 1. The summed E-state index contributed by atoms with van der Waals surface area (Å²) in [5.74, 6) is 0.764. The number of nitrogens with one attached hydrogen (secondary N) is 1. The van der Waals surface area contributed by atoms with Crippen molar-refractivity contribution in [3.8, 4) is 5.75 Å². The Hall–Kier alpha value is -2.53. The Morgan fingerprint density at radius 3 is 2.48 bits per heavy atom. The van der Waals surface area contributed by atoms with Gasteiger partial charge in [-0.1, -0.05) is 29.8 Å². The van der Waals surface area contributed by atoms with E-state index >= 15 is 0 Å². The van der Waals surface area contributed by atoms with Gasteiger partial charge in [0.1, 0.15) is 5.75 Å². The lowest BCUT2D eigenvalue weighted by atomic mass is 9.95. The van der Waals surface area contributed by atoms with Gasteiger partial charge in [0, 0.05) is 29.7 Å². The van der Waals surface area contributed by atoms with Crippen molar-refractivity contribution >= 4 is 29.1 Å². The molecule has 2 amide bonds. The Balaban J connectivity index is 1.48. The summed E-state index contributed by atoms with van der Waals surface area (Å²) in [6.45, 7) is 1.20. The van der Waals surface area contributed by atoms with E-state index in [1.165, 1.54) is 0 Å². The molecule has 0 atom stereocenters. The number of anilines is 1. The summed E-state index contributed by atoms with van der Waals surface area (Å²) < 4.78 is 5.13. The molecule has 0 aliphatic carbocycles. The van der Waals surface area contributed by atoms with Crippen LogP contribution in [0.3, 0.4) is 0 Å². The van der Waals surface area contributed by atoms with Gasteiger partial charge >= 0.3 is 0 Å². The van der Waals surface area contributed by atoms with Crippen LogP contribution in [0.1, 0.15) is 18.4 Å². The van der Waals surface area contributed by atoms with Gasteiger partial charge in [-0.2, -0.15) is 0 Å². The summed E-state index contributed by atoms with van der Waals surface area (Å²) in [7, 11) is 1.62. The molecular weight excluding hydrogens is 364 g/mol. The van der Waals surface area contributed by atoms with Crippen molar-refractivity contribution in [2.45, 2.75) is 19.3 Å². The van der Waals surface area contributed by atoms with Gasteiger partial charge in [-0.25, -0.2) is 0 Å². The van der Waals surface area contributed by atoms with Gasteiger partial charge in [-0.3, -0.25) is 9.59 Å². The summed E-state index contributed by atoms with van der Waals surface area (Å²) in [5, 5.41) is 3.50. The van der Waals surface area contributed by atoms with Crippen LogP contribution in [0.5, 0.6) is 5.75 Å². The fourth-order valence-electron chi connectivity index (χ4n) is 3.23. The zero-order valence-corrected chi connectivity index (χ0v) is 16.0. The van der Waals surface area contributed by atoms with Crippen LogP contribution in [0, 0.1) is 5.92 Å². The molecule has 0 bridgehead atoms. The number of rotatable bonds is 5. The number of ether oxygens (including phenoxy) is 1. The highest BCUT2D eigenvalue weighted by molar-refractivity contribution is 6.30. The molecule has 0 spiro atoms. The Morgan fingerprint density at radius 2 is 1.85 bits per heavy atom. The minimum atomic E-state index is -0.0889. The molecule has 1 heterocycles. The van der Waals surface area contributed by atoms with Crippen LogP contribution in [0.2, 0.25) is 5.02 Å². The standard InChI is InChI=1S/C21H23ClN2O3/c1-27-19-7-5-15(6-8-19)13-20(25)24-11-9-16(10-12-24)21(26)23-18-4-2-3-17(22)14-18/h2-8,14,16H,9-13H2,1H3,(H,23,26). The van der Waals surface area contributed by atoms with Crippen LogP contribution in [0.25, 0.3) is 0 Å². The molecule has 1 saturated heterocycles. The van der Waals surface area contributed by atoms with Crippen LogP contribution in [0.4, 0.5) is 5.69 Å². The normalized spacial score (nSPS) is 14.7. The SMILES string of the molecule is COc1ccc(CC(=O)N2CCC(C(=O)Nc3cccc(Cl)c3)CC2)cc1. The number of carbonyl (C=O) groups excluding carboxylic acids is 2. The fraction of sp³-hybridized carbons (Fsp3) is 0.333. The van der Waals surface area contributed by atoms with E-state index in [-0.39, 0.29) is 17.7 Å². The smallest absolute Gasteiger partial charge is 0.227 e. The summed E-state index contributed by atoms with van der Waals surface area (Å²) in [4.78, 5) is 26.8. The Kier molecular flexibility index (Phi) is 6.35. The van der Waals surface area contributed by atoms with Crippen molar-refractivity contribution in [1.82, 2.24) is 4.90 Å². The molecule has 3 rings (SSSR count). The molecule has 1 aliphatic rings. The Morgan fingerprint density at radius 1 is 1.15 bits per heavy atom. The second kappa shape index (κ2) is 8.91. The number of halogens is 1. The van der Waals surface area contributed by atoms with Gasteiger partial charge in [-0.15, -0.1) is 0 Å². The molecule has 0 radical (unpaired) electrons. The monoisotopic (exact) mass is 386 g/mol. The number of hydrogen-bond acceptors (Lipinski definition) is 3. The van der Waals surface area contributed by atoms with Crippen molar-refractivity contribution in [3.05, 3.63) is 59.1 Å². The zero-order valence-electron chi connectivity index (χ0n) is 15.3. The molecule has 1 aliphatic heterocycles. The molecule has 2 aromatic rings. The summed E-state index contributed by atoms with van der Waals surface area (Å²) in [6, 6.07) is 14.6. The average Bonchev–Trinajstić information content (AvgIpc) is 2.68. The first-order valence-electron chi connectivity index (χ1n) is 9.02. The molecule has 27 heavy (non-hydrogen) atoms. The van der Waals surface area contributed by atoms with Gasteiger partial charge < -0.3 is 15.0 Å². The molecule has 6 heteroatoms. The number of likely N-dealkylation sites (tertiary alicyclic amines) is 1. The molecule has 142 valence electrons. The van der Waals surface area contributed by atoms with E-state index in [4.69, 9.17) is 16.3 Å². The second-order valence-electron chi connectivity index (χ2n) is 6.68. The van der Waals surface area contributed by atoms with Crippen LogP contribution in [-0.4, -0.2) is 36.9 Å². The highest BCUT2D eigenvalue weighted by Gasteiger charge is 2.27. The number of methoxy groups -OCH3 is 1. The lowest BCUT2D eigenvalue weighted by Gasteiger charge is -2.31. The van der Waals surface area contributed by atoms with Crippen LogP contribution >= 0.6 is 11.6 Å². The Labute approximate surface area is 164 Å². The van der Waals surface area contributed by atoms with E-state index < -0.39 is 0 Å². The maximum absolute atomic E-state index is 12.5. The third-order valence-corrected chi connectivity index (χ3v) is 5.06. The summed E-state index contributed by atoms with van der Waals surface area (Å²) in [5.41, 5.74) is 1.66. The minimum absolute atomic E-state index is 0.0143. The number of carbonyl (C=O) groups is 2. The van der Waals surface area contributed by atoms with Crippen molar-refractivity contribution in [2.24, 2.45) is 5.92 Å². The molecule has 2 aromatic carbocycles. The number of benzene rings is 2. The maximum atomic E-state index is 12.5. The number of amides is 2. The highest BCUT2D eigenvalue weighted by atomic mass is 35.5. The molecule has 1 fully saturated rings. The highest BCUT2D eigenvalue weighted by Crippen LogP contribution is 2.22. The predicted molar refractivity (Wildman–Crippen MR) is 106 cm³/mol. The minimum Gasteiger partial charge on any atom is -0.497 e. The summed E-state index contributed by atoms with van der Waals surface area (Å²) in [6.07, 6.45) is 1.70. The first-order valence-corrected chi connectivity index (χ1v) is 9.40. The first kappa shape index (κ1) is 19.2. The molecule has 0 aromatic heterocycles. The zero-order chi connectivity index (χ0) is 19.2. The third kappa shape index (κ3) is 5.23. The van der Waals surface area contributed by atoms with E-state index in [1.807, 2.05) is 35.2 Å². The number of nitrogens with zero attached hydrogens (tertiary/aromatic N) is 1. The van der Waals surface area contributed by atoms with Gasteiger partial charge in [0.25, 0.3) is 0 Å². The lowest BCUT2D eigenvalue weighted by molar-refractivity contribution is -0.133. The Bertz CT molecular complexity index is 799. The third-order valence-electron chi connectivity index (χ3n) is 4.83. The largest absolute Gasteiger partial charge is 0.497 e. The van der Waals surface area contributed by atoms with E-state index in [2.05, 4.69) is 5.32 Å². The van der Waals surface area contributed by atoms with Gasteiger partial charge in [0.2, 0.25) is 11.8 Å². The van der Waals surface area contributed by atoms with Crippen molar-refractivity contribution < 1.29 is 14.3 Å². The average molecular weight is 387 g/mol. The topological polar surface area (TPSA) is 58.6 Å². The quantitative estimate of drug-likeness (QED) is 0.850. The number of hydrogen-bond donors (Lipinski definition) is 1.